The highest BCUT2D eigenvalue weighted by molar-refractivity contribution is 5.42. The van der Waals surface area contributed by atoms with Gasteiger partial charge in [-0.25, -0.2) is 8.78 Å². The molecule has 2 aromatic rings. The van der Waals surface area contributed by atoms with E-state index in [-0.39, 0.29) is 11.6 Å². The summed E-state index contributed by atoms with van der Waals surface area (Å²) in [5.41, 5.74) is 1.02. The van der Waals surface area contributed by atoms with Crippen LogP contribution in [0.5, 0.6) is 5.75 Å². The Morgan fingerprint density at radius 1 is 1.11 bits per heavy atom. The fraction of sp³-hybridized carbons (Fsp3) is 0.200. The summed E-state index contributed by atoms with van der Waals surface area (Å²) >= 11 is 0. The summed E-state index contributed by atoms with van der Waals surface area (Å²) in [7, 11) is 3.18. The molecule has 0 radical (unpaired) electrons. The number of halogens is 2. The van der Waals surface area contributed by atoms with Crippen molar-refractivity contribution in [2.24, 2.45) is 0 Å². The smallest absolute Gasteiger partial charge is 0.132 e. The summed E-state index contributed by atoms with van der Waals surface area (Å²) in [6, 6.07) is 10.2. The van der Waals surface area contributed by atoms with Gasteiger partial charge < -0.3 is 10.1 Å². The highest BCUT2D eigenvalue weighted by Gasteiger charge is 2.20. The Labute approximate surface area is 111 Å². The molecule has 0 aliphatic rings. The molecule has 19 heavy (non-hydrogen) atoms. The van der Waals surface area contributed by atoms with E-state index >= 15 is 0 Å². The van der Waals surface area contributed by atoms with Crippen LogP contribution in [0, 0.1) is 11.6 Å². The summed E-state index contributed by atoms with van der Waals surface area (Å²) in [4.78, 5) is 0. The molecule has 0 aromatic heterocycles. The van der Waals surface area contributed by atoms with Crippen molar-refractivity contribution in [2.75, 3.05) is 14.2 Å². The maximum absolute atomic E-state index is 14.0. The maximum Gasteiger partial charge on any atom is 0.132 e. The number of ether oxygens (including phenoxy) is 1. The van der Waals surface area contributed by atoms with Gasteiger partial charge in [-0.1, -0.05) is 18.2 Å². The van der Waals surface area contributed by atoms with Crippen molar-refractivity contribution in [3.05, 3.63) is 65.2 Å². The third kappa shape index (κ3) is 2.74. The number of nitrogens with one attached hydrogen (secondary N) is 1. The third-order valence-electron chi connectivity index (χ3n) is 2.99. The zero-order valence-corrected chi connectivity index (χ0v) is 10.8. The largest absolute Gasteiger partial charge is 0.496 e. The van der Waals surface area contributed by atoms with Gasteiger partial charge in [-0.05, 0) is 36.9 Å². The summed E-state index contributed by atoms with van der Waals surface area (Å²) in [6.07, 6.45) is 0. The lowest BCUT2D eigenvalue weighted by Crippen LogP contribution is -2.20. The summed E-state index contributed by atoms with van der Waals surface area (Å²) in [5.74, 6) is -0.306. The van der Waals surface area contributed by atoms with Gasteiger partial charge in [0.2, 0.25) is 0 Å². The maximum atomic E-state index is 14.0. The van der Waals surface area contributed by atoms with Crippen LogP contribution < -0.4 is 10.1 Å². The Hall–Kier alpha value is -1.94. The molecule has 0 fully saturated rings. The van der Waals surface area contributed by atoms with Crippen LogP contribution in [0.4, 0.5) is 8.78 Å². The minimum absolute atomic E-state index is 0.354. The molecule has 0 bridgehead atoms. The molecular formula is C15H15F2NO. The van der Waals surface area contributed by atoms with Crippen LogP contribution in [0.3, 0.4) is 0 Å². The molecule has 4 heteroatoms. The van der Waals surface area contributed by atoms with Crippen molar-refractivity contribution in [3.8, 4) is 5.75 Å². The van der Waals surface area contributed by atoms with Crippen LogP contribution >= 0.6 is 0 Å². The standard InChI is InChI=1S/C15H15F2NO/c1-18-15(10-5-3-6-11(16)9-10)14-12(17)7-4-8-13(14)19-2/h3-9,15,18H,1-2H3. The second-order valence-electron chi connectivity index (χ2n) is 4.13. The van der Waals surface area contributed by atoms with E-state index in [9.17, 15) is 8.78 Å². The van der Waals surface area contributed by atoms with Gasteiger partial charge in [0.05, 0.1) is 18.7 Å². The Bertz CT molecular complexity index is 572. The van der Waals surface area contributed by atoms with E-state index in [0.29, 0.717) is 16.9 Å². The van der Waals surface area contributed by atoms with Gasteiger partial charge in [-0.3, -0.25) is 0 Å². The quantitative estimate of drug-likeness (QED) is 0.914. The molecule has 0 heterocycles. The summed E-state index contributed by atoms with van der Waals surface area (Å²) in [6.45, 7) is 0. The average molecular weight is 263 g/mol. The summed E-state index contributed by atoms with van der Waals surface area (Å²) in [5, 5.41) is 2.99. The van der Waals surface area contributed by atoms with Crippen molar-refractivity contribution in [1.82, 2.24) is 5.32 Å². The lowest BCUT2D eigenvalue weighted by molar-refractivity contribution is 0.398. The first kappa shape index (κ1) is 13.5. The molecule has 0 amide bonds. The van der Waals surface area contributed by atoms with Gasteiger partial charge in [0.25, 0.3) is 0 Å². The molecule has 2 rings (SSSR count). The van der Waals surface area contributed by atoms with Gasteiger partial charge in [-0.2, -0.15) is 0 Å². The fourth-order valence-corrected chi connectivity index (χ4v) is 2.14. The van der Waals surface area contributed by atoms with E-state index < -0.39 is 6.04 Å². The van der Waals surface area contributed by atoms with Crippen LogP contribution in [0.15, 0.2) is 42.5 Å². The third-order valence-corrected chi connectivity index (χ3v) is 2.99. The molecule has 100 valence electrons. The molecule has 0 saturated heterocycles. The highest BCUT2D eigenvalue weighted by atomic mass is 19.1. The van der Waals surface area contributed by atoms with E-state index in [1.807, 2.05) is 0 Å². The Kier molecular flexibility index (Phi) is 4.12. The van der Waals surface area contributed by atoms with Crippen molar-refractivity contribution < 1.29 is 13.5 Å². The van der Waals surface area contributed by atoms with Crippen molar-refractivity contribution in [2.45, 2.75) is 6.04 Å². The van der Waals surface area contributed by atoms with Crippen molar-refractivity contribution in [1.29, 1.82) is 0 Å². The van der Waals surface area contributed by atoms with Gasteiger partial charge in [0.1, 0.15) is 17.4 Å². The molecule has 0 saturated carbocycles. The molecule has 2 aromatic carbocycles. The molecule has 1 unspecified atom stereocenters. The predicted octanol–water partition coefficient (Wildman–Crippen LogP) is 3.28. The van der Waals surface area contributed by atoms with Crippen LogP contribution in [-0.2, 0) is 0 Å². The van der Waals surface area contributed by atoms with Crippen LogP contribution in [0.25, 0.3) is 0 Å². The number of methoxy groups -OCH3 is 1. The second kappa shape index (κ2) is 5.80. The topological polar surface area (TPSA) is 21.3 Å². The van der Waals surface area contributed by atoms with E-state index in [2.05, 4.69) is 5.32 Å². The first-order valence-electron chi connectivity index (χ1n) is 5.92. The monoisotopic (exact) mass is 263 g/mol. The Morgan fingerprint density at radius 2 is 1.84 bits per heavy atom. The molecule has 1 N–H and O–H groups in total. The predicted molar refractivity (Wildman–Crippen MR) is 70.3 cm³/mol. The zero-order valence-electron chi connectivity index (χ0n) is 10.8. The van der Waals surface area contributed by atoms with Gasteiger partial charge >= 0.3 is 0 Å². The van der Waals surface area contributed by atoms with Crippen LogP contribution in [0.1, 0.15) is 17.2 Å². The lowest BCUT2D eigenvalue weighted by atomic mass is 9.97. The van der Waals surface area contributed by atoms with E-state index in [0.717, 1.165) is 0 Å². The Morgan fingerprint density at radius 3 is 2.47 bits per heavy atom. The minimum Gasteiger partial charge on any atom is -0.496 e. The number of hydrogen-bond acceptors (Lipinski definition) is 2. The highest BCUT2D eigenvalue weighted by Crippen LogP contribution is 2.32. The molecular weight excluding hydrogens is 248 g/mol. The first-order valence-corrected chi connectivity index (χ1v) is 5.92. The molecule has 1 atom stereocenters. The first-order chi connectivity index (χ1) is 9.17. The molecule has 0 aliphatic carbocycles. The van der Waals surface area contributed by atoms with Crippen molar-refractivity contribution >= 4 is 0 Å². The summed E-state index contributed by atoms with van der Waals surface area (Å²) < 4.78 is 32.5. The number of rotatable bonds is 4. The Balaban J connectivity index is 2.54. The van der Waals surface area contributed by atoms with E-state index in [1.165, 1.54) is 25.3 Å². The number of benzene rings is 2. The van der Waals surface area contributed by atoms with Gasteiger partial charge in [0, 0.05) is 0 Å². The lowest BCUT2D eigenvalue weighted by Gasteiger charge is -2.20. The fourth-order valence-electron chi connectivity index (χ4n) is 2.14. The SMILES string of the molecule is CNC(c1cccc(F)c1)c1c(F)cccc1OC. The number of hydrogen-bond donors (Lipinski definition) is 1. The normalized spacial score (nSPS) is 12.2. The zero-order chi connectivity index (χ0) is 13.8. The van der Waals surface area contributed by atoms with Crippen LogP contribution in [0.2, 0.25) is 0 Å². The second-order valence-corrected chi connectivity index (χ2v) is 4.13. The minimum atomic E-state index is -0.466. The molecule has 2 nitrogen and oxygen atoms in total. The van der Waals surface area contributed by atoms with Crippen molar-refractivity contribution in [3.63, 3.8) is 0 Å². The van der Waals surface area contributed by atoms with Gasteiger partial charge in [-0.15, -0.1) is 0 Å². The van der Waals surface area contributed by atoms with Gasteiger partial charge in [0.15, 0.2) is 0 Å². The molecule has 0 spiro atoms. The molecule has 0 aliphatic heterocycles. The average Bonchev–Trinajstić information content (AvgIpc) is 2.41. The van der Waals surface area contributed by atoms with E-state index in [1.54, 1.807) is 31.3 Å². The van der Waals surface area contributed by atoms with E-state index in [4.69, 9.17) is 4.74 Å². The van der Waals surface area contributed by atoms with Crippen LogP contribution in [-0.4, -0.2) is 14.2 Å².